The third-order valence-corrected chi connectivity index (χ3v) is 2.63. The maximum atomic E-state index is 13.8. The Labute approximate surface area is 101 Å². The fourth-order valence-electron chi connectivity index (χ4n) is 1.30. The molecule has 90 valence electrons. The van der Waals surface area contributed by atoms with Crippen molar-refractivity contribution in [2.75, 3.05) is 39.1 Å². The fourth-order valence-corrected chi connectivity index (χ4v) is 1.50. The highest BCUT2D eigenvalue weighted by Gasteiger charge is 2.12. The van der Waals surface area contributed by atoms with E-state index in [9.17, 15) is 4.39 Å². The Morgan fingerprint density at radius 1 is 1.31 bits per heavy atom. The monoisotopic (exact) mass is 245 g/mol. The molecule has 0 aliphatic rings. The molecule has 0 fully saturated rings. The first kappa shape index (κ1) is 13.2. The number of aromatic nitrogens is 1. The third-order valence-electron chi connectivity index (χ3n) is 2.34. The van der Waals surface area contributed by atoms with Crippen LogP contribution in [0.15, 0.2) is 12.3 Å². The second-order valence-corrected chi connectivity index (χ2v) is 4.23. The van der Waals surface area contributed by atoms with Gasteiger partial charge in [0.15, 0.2) is 11.6 Å². The van der Waals surface area contributed by atoms with Gasteiger partial charge in [-0.2, -0.15) is 0 Å². The van der Waals surface area contributed by atoms with Crippen molar-refractivity contribution < 1.29 is 4.39 Å². The fraction of sp³-hybridized carbons (Fsp3) is 0.545. The van der Waals surface area contributed by atoms with Gasteiger partial charge < -0.3 is 9.80 Å². The van der Waals surface area contributed by atoms with Gasteiger partial charge >= 0.3 is 0 Å². The third kappa shape index (κ3) is 3.32. The number of alkyl halides is 1. The predicted molar refractivity (Wildman–Crippen MR) is 65.6 cm³/mol. The maximum absolute atomic E-state index is 13.8. The van der Waals surface area contributed by atoms with E-state index in [1.54, 1.807) is 17.2 Å². The summed E-state index contributed by atoms with van der Waals surface area (Å²) >= 11 is 5.64. The van der Waals surface area contributed by atoms with E-state index in [-0.39, 0.29) is 11.7 Å². The Kier molecular flexibility index (Phi) is 4.96. The number of rotatable bonds is 5. The lowest BCUT2D eigenvalue weighted by Gasteiger charge is -2.21. The van der Waals surface area contributed by atoms with Crippen molar-refractivity contribution in [2.24, 2.45) is 0 Å². The molecule has 0 saturated heterocycles. The van der Waals surface area contributed by atoms with Gasteiger partial charge in [0.2, 0.25) is 0 Å². The van der Waals surface area contributed by atoms with E-state index in [0.717, 1.165) is 13.1 Å². The lowest BCUT2D eigenvalue weighted by molar-refractivity contribution is 0.415. The number of hydrogen-bond acceptors (Lipinski definition) is 3. The van der Waals surface area contributed by atoms with Crippen LogP contribution in [0.2, 0.25) is 0 Å². The van der Waals surface area contributed by atoms with E-state index in [4.69, 9.17) is 11.6 Å². The normalized spacial score (nSPS) is 10.9. The molecule has 0 radical (unpaired) electrons. The Bertz CT molecular complexity index is 344. The number of pyridine rings is 1. The number of anilines is 1. The van der Waals surface area contributed by atoms with Crippen molar-refractivity contribution in [3.8, 4) is 0 Å². The molecule has 1 rings (SSSR count). The maximum Gasteiger partial charge on any atom is 0.170 e. The van der Waals surface area contributed by atoms with E-state index < -0.39 is 0 Å². The molecule has 0 aromatic carbocycles. The summed E-state index contributed by atoms with van der Waals surface area (Å²) in [6.07, 6.45) is 1.59. The molecular formula is C11H17ClFN3. The first-order chi connectivity index (χ1) is 7.56. The average Bonchev–Trinajstić information content (AvgIpc) is 2.26. The van der Waals surface area contributed by atoms with Gasteiger partial charge in [-0.15, -0.1) is 11.6 Å². The van der Waals surface area contributed by atoms with Crippen molar-refractivity contribution in [3.05, 3.63) is 23.6 Å². The van der Waals surface area contributed by atoms with Gasteiger partial charge in [0.05, 0.1) is 5.88 Å². The highest BCUT2D eigenvalue weighted by Crippen LogP contribution is 2.19. The number of hydrogen-bond donors (Lipinski definition) is 0. The lowest BCUT2D eigenvalue weighted by atomic mass is 10.2. The second kappa shape index (κ2) is 6.01. The molecule has 0 bridgehead atoms. The van der Waals surface area contributed by atoms with Crippen molar-refractivity contribution in [1.29, 1.82) is 0 Å². The van der Waals surface area contributed by atoms with Crippen molar-refractivity contribution in [1.82, 2.24) is 9.88 Å². The molecule has 1 aromatic rings. The lowest BCUT2D eigenvalue weighted by Crippen LogP contribution is -2.29. The van der Waals surface area contributed by atoms with Crippen LogP contribution in [0.4, 0.5) is 10.2 Å². The van der Waals surface area contributed by atoms with Crippen LogP contribution < -0.4 is 4.90 Å². The van der Waals surface area contributed by atoms with Crippen LogP contribution in [0.25, 0.3) is 0 Å². The molecule has 0 saturated carbocycles. The second-order valence-electron chi connectivity index (χ2n) is 3.97. The topological polar surface area (TPSA) is 19.4 Å². The highest BCUT2D eigenvalue weighted by atomic mass is 35.5. The zero-order chi connectivity index (χ0) is 12.1. The van der Waals surface area contributed by atoms with Crippen LogP contribution in [0.3, 0.4) is 0 Å². The van der Waals surface area contributed by atoms with Gasteiger partial charge in [-0.25, -0.2) is 9.37 Å². The predicted octanol–water partition coefficient (Wildman–Crippen LogP) is 1.96. The molecule has 0 amide bonds. The number of halogens is 2. The molecule has 3 nitrogen and oxygen atoms in total. The smallest absolute Gasteiger partial charge is 0.170 e. The molecule has 1 aromatic heterocycles. The van der Waals surface area contributed by atoms with Crippen molar-refractivity contribution in [2.45, 2.75) is 5.88 Å². The van der Waals surface area contributed by atoms with Crippen LogP contribution in [0, 0.1) is 5.82 Å². The summed E-state index contributed by atoms with van der Waals surface area (Å²) < 4.78 is 13.8. The molecule has 0 spiro atoms. The molecule has 0 atom stereocenters. The quantitative estimate of drug-likeness (QED) is 0.740. The van der Waals surface area contributed by atoms with Gasteiger partial charge in [0.1, 0.15) is 0 Å². The largest absolute Gasteiger partial charge is 0.356 e. The Morgan fingerprint density at radius 2 is 2.00 bits per heavy atom. The molecule has 1 heterocycles. The summed E-state index contributed by atoms with van der Waals surface area (Å²) in [4.78, 5) is 7.88. The summed E-state index contributed by atoms with van der Waals surface area (Å²) in [6.45, 7) is 1.57. The summed E-state index contributed by atoms with van der Waals surface area (Å²) in [6, 6.07) is 1.60. The average molecular weight is 246 g/mol. The van der Waals surface area contributed by atoms with Crippen molar-refractivity contribution in [3.63, 3.8) is 0 Å². The van der Waals surface area contributed by atoms with Gasteiger partial charge in [-0.1, -0.05) is 0 Å². The van der Waals surface area contributed by atoms with E-state index in [1.807, 2.05) is 26.0 Å². The summed E-state index contributed by atoms with van der Waals surface area (Å²) in [5.74, 6) is 0.210. The molecule has 0 N–H and O–H groups in total. The molecule has 0 unspecified atom stereocenters. The molecular weight excluding hydrogens is 229 g/mol. The summed E-state index contributed by atoms with van der Waals surface area (Å²) in [5.41, 5.74) is 0.489. The van der Waals surface area contributed by atoms with Gasteiger partial charge in [-0.05, 0) is 20.2 Å². The van der Waals surface area contributed by atoms with Crippen LogP contribution in [0.5, 0.6) is 0 Å². The first-order valence-electron chi connectivity index (χ1n) is 5.11. The zero-order valence-corrected chi connectivity index (χ0v) is 10.6. The van der Waals surface area contributed by atoms with Gasteiger partial charge in [0, 0.05) is 31.9 Å². The Morgan fingerprint density at radius 3 is 2.56 bits per heavy atom. The van der Waals surface area contributed by atoms with E-state index in [0.29, 0.717) is 11.4 Å². The number of nitrogens with zero attached hydrogens (tertiary/aromatic N) is 3. The van der Waals surface area contributed by atoms with Crippen LogP contribution in [-0.2, 0) is 5.88 Å². The minimum absolute atomic E-state index is 0.170. The minimum atomic E-state index is -0.321. The minimum Gasteiger partial charge on any atom is -0.356 e. The SMILES string of the molecule is CN(C)CCN(C)c1nccc(CCl)c1F. The van der Waals surface area contributed by atoms with Crippen LogP contribution in [0.1, 0.15) is 5.56 Å². The Balaban J connectivity index is 2.78. The highest BCUT2D eigenvalue weighted by molar-refractivity contribution is 6.17. The van der Waals surface area contributed by atoms with Crippen LogP contribution in [-0.4, -0.2) is 44.1 Å². The Hall–Kier alpha value is -0.870. The molecule has 0 aliphatic heterocycles. The van der Waals surface area contributed by atoms with Gasteiger partial charge in [-0.3, -0.25) is 0 Å². The standard InChI is InChI=1S/C11H17ClFN3/c1-15(2)6-7-16(3)11-10(13)9(8-12)4-5-14-11/h4-5H,6-8H2,1-3H3. The summed E-state index contributed by atoms with van der Waals surface area (Å²) in [7, 11) is 5.78. The molecule has 0 aliphatic carbocycles. The van der Waals surface area contributed by atoms with Gasteiger partial charge in [0.25, 0.3) is 0 Å². The van der Waals surface area contributed by atoms with E-state index >= 15 is 0 Å². The van der Waals surface area contributed by atoms with Crippen LogP contribution >= 0.6 is 11.6 Å². The summed E-state index contributed by atoms with van der Waals surface area (Å²) in [5, 5.41) is 0. The van der Waals surface area contributed by atoms with Crippen molar-refractivity contribution >= 4 is 17.4 Å². The number of likely N-dealkylation sites (N-methyl/N-ethyl adjacent to an activating group) is 2. The zero-order valence-electron chi connectivity index (χ0n) is 9.87. The molecule has 16 heavy (non-hydrogen) atoms. The van der Waals surface area contributed by atoms with E-state index in [2.05, 4.69) is 4.98 Å². The molecule has 5 heteroatoms. The first-order valence-corrected chi connectivity index (χ1v) is 5.65. The van der Waals surface area contributed by atoms with E-state index in [1.165, 1.54) is 0 Å².